The van der Waals surface area contributed by atoms with Gasteiger partial charge >= 0.3 is 5.51 Å². The lowest BCUT2D eigenvalue weighted by molar-refractivity contribution is -0.0395. The minimum Gasteiger partial charge on any atom is -0.346 e. The molecule has 2 atom stereocenters. The number of carbonyl (C=O) groups excluding carboxylic acids is 1. The zero-order valence-electron chi connectivity index (χ0n) is 18.7. The molecule has 1 fully saturated rings. The SMILES string of the molecule is CC(C)(C)C(CNS(=O)C(F)(F)F)NC(=O)c1nn(CC2CCCCC2)c2ccccc12. The van der Waals surface area contributed by atoms with Crippen LogP contribution in [0.4, 0.5) is 13.2 Å². The fraction of sp³-hybridized carbons (Fsp3) is 0.636. The van der Waals surface area contributed by atoms with Gasteiger partial charge in [0.25, 0.3) is 5.91 Å². The number of nitrogens with one attached hydrogen (secondary N) is 2. The number of halogens is 3. The van der Waals surface area contributed by atoms with Gasteiger partial charge in [0, 0.05) is 24.5 Å². The Morgan fingerprint density at radius 3 is 2.47 bits per heavy atom. The Kier molecular flexibility index (Phi) is 7.65. The molecule has 2 aromatic rings. The van der Waals surface area contributed by atoms with E-state index in [0.29, 0.717) is 11.3 Å². The second kappa shape index (κ2) is 9.91. The van der Waals surface area contributed by atoms with Crippen LogP contribution in [0.2, 0.25) is 0 Å². The fourth-order valence-corrected chi connectivity index (χ4v) is 4.57. The molecule has 1 heterocycles. The number of hydrogen-bond donors (Lipinski definition) is 2. The molecule has 6 nitrogen and oxygen atoms in total. The Hall–Kier alpha value is -1.94. The minimum absolute atomic E-state index is 0.252. The number of amides is 1. The molecule has 0 spiro atoms. The molecule has 32 heavy (non-hydrogen) atoms. The molecule has 1 aliphatic rings. The quantitative estimate of drug-likeness (QED) is 0.622. The van der Waals surface area contributed by atoms with Gasteiger partial charge in [0.2, 0.25) is 0 Å². The van der Waals surface area contributed by atoms with Crippen molar-refractivity contribution in [2.24, 2.45) is 11.3 Å². The number of aromatic nitrogens is 2. The Bertz CT molecular complexity index is 962. The van der Waals surface area contributed by atoms with Crippen LogP contribution >= 0.6 is 0 Å². The van der Waals surface area contributed by atoms with Gasteiger partial charge in [-0.05, 0) is 30.2 Å². The van der Waals surface area contributed by atoms with Crippen molar-refractivity contribution in [3.05, 3.63) is 30.0 Å². The number of benzene rings is 1. The van der Waals surface area contributed by atoms with E-state index in [2.05, 4.69) is 10.4 Å². The Morgan fingerprint density at radius 1 is 1.19 bits per heavy atom. The zero-order valence-corrected chi connectivity index (χ0v) is 19.5. The lowest BCUT2D eigenvalue weighted by Gasteiger charge is -2.31. The summed E-state index contributed by atoms with van der Waals surface area (Å²) in [7, 11) is -3.20. The first-order valence-electron chi connectivity index (χ1n) is 11.0. The number of rotatable bonds is 7. The van der Waals surface area contributed by atoms with E-state index in [9.17, 15) is 22.2 Å². The Balaban J connectivity index is 1.80. The van der Waals surface area contributed by atoms with Crippen LogP contribution in [0.5, 0.6) is 0 Å². The second-order valence-corrected chi connectivity index (χ2v) is 10.8. The van der Waals surface area contributed by atoms with Crippen LogP contribution in [-0.4, -0.2) is 38.0 Å². The molecule has 2 unspecified atom stereocenters. The van der Waals surface area contributed by atoms with Crippen LogP contribution < -0.4 is 10.0 Å². The monoisotopic (exact) mass is 472 g/mol. The van der Waals surface area contributed by atoms with Crippen LogP contribution in [0.1, 0.15) is 63.4 Å². The van der Waals surface area contributed by atoms with Gasteiger partial charge in [-0.25, -0.2) is 8.93 Å². The summed E-state index contributed by atoms with van der Waals surface area (Å²) < 4.78 is 53.1. The minimum atomic E-state index is -4.86. The molecular weight excluding hydrogens is 441 g/mol. The summed E-state index contributed by atoms with van der Waals surface area (Å²) in [5.74, 6) is 0.0648. The van der Waals surface area contributed by atoms with Gasteiger partial charge in [-0.2, -0.15) is 18.3 Å². The molecule has 2 N–H and O–H groups in total. The fourth-order valence-electron chi connectivity index (χ4n) is 4.09. The normalized spacial score (nSPS) is 17.9. The molecule has 3 rings (SSSR count). The third-order valence-corrected chi connectivity index (χ3v) is 6.86. The average molecular weight is 473 g/mol. The lowest BCUT2D eigenvalue weighted by Crippen LogP contribution is -2.51. The maximum absolute atomic E-state index is 13.2. The van der Waals surface area contributed by atoms with E-state index in [1.807, 2.05) is 33.7 Å². The van der Waals surface area contributed by atoms with Crippen LogP contribution in [0.15, 0.2) is 24.3 Å². The summed E-state index contributed by atoms with van der Waals surface area (Å²) in [6.07, 6.45) is 5.95. The van der Waals surface area contributed by atoms with Gasteiger partial charge < -0.3 is 5.32 Å². The van der Waals surface area contributed by atoms with Gasteiger partial charge in [-0.15, -0.1) is 0 Å². The molecule has 1 aromatic carbocycles. The van der Waals surface area contributed by atoms with Gasteiger partial charge in [0.1, 0.15) is 0 Å². The first kappa shape index (κ1) is 24.7. The molecule has 0 radical (unpaired) electrons. The van der Waals surface area contributed by atoms with Crippen molar-refractivity contribution in [2.45, 2.75) is 71.0 Å². The lowest BCUT2D eigenvalue weighted by atomic mass is 9.86. The number of nitrogens with zero attached hydrogens (tertiary/aromatic N) is 2. The number of hydrogen-bond acceptors (Lipinski definition) is 3. The first-order chi connectivity index (χ1) is 15.0. The molecule has 1 amide bonds. The van der Waals surface area contributed by atoms with Crippen molar-refractivity contribution in [1.82, 2.24) is 19.8 Å². The highest BCUT2D eigenvalue weighted by Crippen LogP contribution is 2.28. The predicted octanol–water partition coefficient (Wildman–Crippen LogP) is 4.53. The molecule has 0 aliphatic heterocycles. The summed E-state index contributed by atoms with van der Waals surface area (Å²) in [6, 6.07) is 6.80. The maximum Gasteiger partial charge on any atom is 0.485 e. The number of fused-ring (bicyclic) bond motifs is 1. The second-order valence-electron chi connectivity index (χ2n) is 9.51. The highest BCUT2D eigenvalue weighted by molar-refractivity contribution is 7.83. The van der Waals surface area contributed by atoms with Crippen molar-refractivity contribution >= 4 is 27.8 Å². The average Bonchev–Trinajstić information content (AvgIpc) is 3.08. The van der Waals surface area contributed by atoms with E-state index >= 15 is 0 Å². The van der Waals surface area contributed by atoms with Gasteiger partial charge in [-0.3, -0.25) is 9.48 Å². The van der Waals surface area contributed by atoms with Crippen LogP contribution in [-0.2, 0) is 17.5 Å². The Morgan fingerprint density at radius 2 is 1.84 bits per heavy atom. The summed E-state index contributed by atoms with van der Waals surface area (Å²) >= 11 is 0. The predicted molar refractivity (Wildman–Crippen MR) is 119 cm³/mol. The van der Waals surface area contributed by atoms with E-state index in [1.165, 1.54) is 19.3 Å². The molecular formula is C22H31F3N4O2S. The molecule has 0 bridgehead atoms. The van der Waals surface area contributed by atoms with E-state index in [0.717, 1.165) is 24.9 Å². The van der Waals surface area contributed by atoms with Crippen molar-refractivity contribution in [2.75, 3.05) is 6.54 Å². The first-order valence-corrected chi connectivity index (χ1v) is 12.1. The zero-order chi connectivity index (χ0) is 23.5. The molecule has 10 heteroatoms. The van der Waals surface area contributed by atoms with Gasteiger partial charge in [-0.1, -0.05) is 58.2 Å². The molecule has 0 saturated heterocycles. The van der Waals surface area contributed by atoms with Crippen molar-refractivity contribution < 1.29 is 22.2 Å². The number of carbonyl (C=O) groups is 1. The maximum atomic E-state index is 13.2. The summed E-state index contributed by atoms with van der Waals surface area (Å²) in [4.78, 5) is 13.2. The standard InChI is InChI=1S/C22H31F3N4O2S/c1-21(2,3)18(13-26-32(31)22(23,24)25)27-20(30)19-16-11-7-8-12-17(16)29(28-19)14-15-9-5-4-6-10-15/h7-8,11-12,15,18,26H,4-6,9-10,13-14H2,1-3H3,(H,27,30). The van der Waals surface area contributed by atoms with Gasteiger partial charge in [0.05, 0.1) is 5.52 Å². The molecule has 1 aromatic heterocycles. The third-order valence-electron chi connectivity index (χ3n) is 6.01. The third kappa shape index (κ3) is 6.10. The van der Waals surface area contributed by atoms with E-state index in [4.69, 9.17) is 0 Å². The van der Waals surface area contributed by atoms with Crippen LogP contribution in [0, 0.1) is 11.3 Å². The van der Waals surface area contributed by atoms with Crippen molar-refractivity contribution in [3.8, 4) is 0 Å². The largest absolute Gasteiger partial charge is 0.485 e. The molecule has 1 saturated carbocycles. The van der Waals surface area contributed by atoms with E-state index in [-0.39, 0.29) is 12.2 Å². The van der Waals surface area contributed by atoms with Crippen molar-refractivity contribution in [1.29, 1.82) is 0 Å². The van der Waals surface area contributed by atoms with E-state index in [1.54, 1.807) is 20.8 Å². The molecule has 178 valence electrons. The van der Waals surface area contributed by atoms with E-state index < -0.39 is 33.9 Å². The molecule has 1 aliphatic carbocycles. The topological polar surface area (TPSA) is 76.0 Å². The summed E-state index contributed by atoms with van der Waals surface area (Å²) in [6.45, 7) is 5.85. The Labute approximate surface area is 188 Å². The smallest absolute Gasteiger partial charge is 0.346 e. The highest BCUT2D eigenvalue weighted by Gasteiger charge is 2.38. The number of alkyl halides is 3. The summed E-state index contributed by atoms with van der Waals surface area (Å²) in [5.41, 5.74) is -4.31. The van der Waals surface area contributed by atoms with Gasteiger partial charge in [0.15, 0.2) is 16.7 Å². The van der Waals surface area contributed by atoms with Crippen molar-refractivity contribution in [3.63, 3.8) is 0 Å². The van der Waals surface area contributed by atoms with Crippen LogP contribution in [0.3, 0.4) is 0 Å². The number of para-hydroxylation sites is 1. The summed E-state index contributed by atoms with van der Waals surface area (Å²) in [5, 5.41) is 8.12. The highest BCUT2D eigenvalue weighted by atomic mass is 32.2. The van der Waals surface area contributed by atoms with Crippen LogP contribution in [0.25, 0.3) is 10.9 Å².